The van der Waals surface area contributed by atoms with Crippen molar-refractivity contribution in [2.75, 3.05) is 13.2 Å². The summed E-state index contributed by atoms with van der Waals surface area (Å²) in [5.74, 6) is -0.865. The minimum Gasteiger partial charge on any atom is -0.462 e. The van der Waals surface area contributed by atoms with Crippen molar-refractivity contribution < 1.29 is 28.6 Å². The van der Waals surface area contributed by atoms with Gasteiger partial charge in [-0.2, -0.15) is 0 Å². The molecule has 6 nitrogen and oxygen atoms in total. The highest BCUT2D eigenvalue weighted by atomic mass is 16.6. The van der Waals surface area contributed by atoms with E-state index in [-0.39, 0.29) is 31.1 Å². The van der Waals surface area contributed by atoms with Crippen molar-refractivity contribution in [3.63, 3.8) is 0 Å². The number of allylic oxidation sites excluding steroid dienone is 2. The molecule has 0 amide bonds. The molecule has 0 heterocycles. The van der Waals surface area contributed by atoms with Gasteiger partial charge in [-0.3, -0.25) is 14.4 Å². The molecule has 0 aromatic carbocycles. The molecule has 0 N–H and O–H groups in total. The Morgan fingerprint density at radius 2 is 0.532 bits per heavy atom. The summed E-state index contributed by atoms with van der Waals surface area (Å²) in [6.07, 6.45) is 57.7. The van der Waals surface area contributed by atoms with E-state index < -0.39 is 6.10 Å². The van der Waals surface area contributed by atoms with Gasteiger partial charge in [0.05, 0.1) is 0 Å². The van der Waals surface area contributed by atoms with Crippen molar-refractivity contribution in [3.8, 4) is 0 Å². The highest BCUT2D eigenvalue weighted by molar-refractivity contribution is 5.71. The van der Waals surface area contributed by atoms with E-state index in [1.807, 2.05) is 0 Å². The van der Waals surface area contributed by atoms with Crippen LogP contribution in [-0.2, 0) is 28.6 Å². The van der Waals surface area contributed by atoms with Gasteiger partial charge < -0.3 is 14.2 Å². The van der Waals surface area contributed by atoms with Crippen molar-refractivity contribution >= 4 is 17.9 Å². The minimum absolute atomic E-state index is 0.0704. The van der Waals surface area contributed by atoms with E-state index in [1.165, 1.54) is 199 Å². The third-order valence-electron chi connectivity index (χ3n) is 12.5. The normalized spacial score (nSPS) is 12.0. The lowest BCUT2D eigenvalue weighted by molar-refractivity contribution is -0.167. The van der Waals surface area contributed by atoms with Crippen LogP contribution in [0.3, 0.4) is 0 Å². The molecule has 0 aromatic heterocycles. The molecular formula is C56H106O6. The van der Waals surface area contributed by atoms with Gasteiger partial charge >= 0.3 is 17.9 Å². The molecule has 0 rings (SSSR count). The Hall–Kier alpha value is -1.85. The minimum atomic E-state index is -0.771. The SMILES string of the molecule is CCCCCCCCC/C=C\CCCCCC(=O)OC(COC(=O)CCCCCCCCCCCCCCC)COC(=O)CCCCCCCCCCCCCCCCCCC. The average molecular weight is 875 g/mol. The lowest BCUT2D eigenvalue weighted by Crippen LogP contribution is -2.30. The van der Waals surface area contributed by atoms with Crippen LogP contribution in [0.4, 0.5) is 0 Å². The summed E-state index contributed by atoms with van der Waals surface area (Å²) >= 11 is 0. The number of rotatable bonds is 51. The molecule has 0 aliphatic heterocycles. The Labute approximate surface area is 386 Å². The highest BCUT2D eigenvalue weighted by Gasteiger charge is 2.19. The average Bonchev–Trinajstić information content (AvgIpc) is 3.27. The van der Waals surface area contributed by atoms with Gasteiger partial charge in [0.1, 0.15) is 13.2 Å². The van der Waals surface area contributed by atoms with Crippen molar-refractivity contribution in [1.29, 1.82) is 0 Å². The number of ether oxygens (including phenoxy) is 3. The molecule has 0 saturated heterocycles. The Morgan fingerprint density at radius 3 is 0.823 bits per heavy atom. The first-order valence-corrected chi connectivity index (χ1v) is 27.7. The number of hydrogen-bond donors (Lipinski definition) is 0. The maximum atomic E-state index is 12.8. The van der Waals surface area contributed by atoms with Gasteiger partial charge in [0.25, 0.3) is 0 Å². The van der Waals surface area contributed by atoms with Gasteiger partial charge in [0.15, 0.2) is 6.10 Å². The number of carbonyl (C=O) groups excluding carboxylic acids is 3. The summed E-state index contributed by atoms with van der Waals surface area (Å²) in [5, 5.41) is 0. The molecule has 0 spiro atoms. The molecular weight excluding hydrogens is 769 g/mol. The molecule has 1 unspecified atom stereocenters. The van der Waals surface area contributed by atoms with Crippen LogP contribution in [-0.4, -0.2) is 37.2 Å². The zero-order chi connectivity index (χ0) is 45.1. The smallest absolute Gasteiger partial charge is 0.306 e. The third-order valence-corrected chi connectivity index (χ3v) is 12.5. The van der Waals surface area contributed by atoms with Crippen molar-refractivity contribution in [1.82, 2.24) is 0 Å². The highest BCUT2D eigenvalue weighted by Crippen LogP contribution is 2.17. The van der Waals surface area contributed by atoms with E-state index in [4.69, 9.17) is 14.2 Å². The van der Waals surface area contributed by atoms with Gasteiger partial charge in [-0.1, -0.05) is 258 Å². The predicted molar refractivity (Wildman–Crippen MR) is 266 cm³/mol. The maximum absolute atomic E-state index is 12.8. The Kier molecular flexibility index (Phi) is 50.2. The van der Waals surface area contributed by atoms with Crippen molar-refractivity contribution in [2.24, 2.45) is 0 Å². The van der Waals surface area contributed by atoms with E-state index in [0.717, 1.165) is 70.6 Å². The first-order chi connectivity index (χ1) is 30.5. The second-order valence-electron chi connectivity index (χ2n) is 18.9. The Morgan fingerprint density at radius 1 is 0.306 bits per heavy atom. The Balaban J connectivity index is 4.32. The van der Waals surface area contributed by atoms with E-state index >= 15 is 0 Å². The van der Waals surface area contributed by atoms with Crippen LogP contribution < -0.4 is 0 Å². The first kappa shape index (κ1) is 60.2. The van der Waals surface area contributed by atoms with Crippen LogP contribution in [0.1, 0.15) is 310 Å². The summed E-state index contributed by atoms with van der Waals surface area (Å²) in [5.41, 5.74) is 0. The van der Waals surface area contributed by atoms with Gasteiger partial charge in [0, 0.05) is 19.3 Å². The molecule has 0 aliphatic rings. The lowest BCUT2D eigenvalue weighted by Gasteiger charge is -2.18. The number of esters is 3. The first-order valence-electron chi connectivity index (χ1n) is 27.7. The standard InChI is InChI=1S/C56H106O6/c1-4-7-10-13-16-19-22-25-27-28-29-32-34-37-40-43-46-49-55(58)61-52-53(51-60-54(57)48-45-42-39-36-33-30-24-21-18-15-12-9-6-3)62-56(59)50-47-44-41-38-35-31-26-23-20-17-14-11-8-5-2/h31,35,53H,4-30,32-34,36-52H2,1-3H3/b35-31-. The molecule has 0 aliphatic carbocycles. The van der Waals surface area contributed by atoms with Crippen LogP contribution >= 0.6 is 0 Å². The second-order valence-corrected chi connectivity index (χ2v) is 18.9. The molecule has 0 bridgehead atoms. The van der Waals surface area contributed by atoms with Crippen LogP contribution in [0.5, 0.6) is 0 Å². The van der Waals surface area contributed by atoms with Gasteiger partial charge in [0.2, 0.25) is 0 Å². The second kappa shape index (κ2) is 51.8. The molecule has 366 valence electrons. The summed E-state index contributed by atoms with van der Waals surface area (Å²) in [6, 6.07) is 0. The summed E-state index contributed by atoms with van der Waals surface area (Å²) in [7, 11) is 0. The van der Waals surface area contributed by atoms with Crippen LogP contribution in [0.15, 0.2) is 12.2 Å². The van der Waals surface area contributed by atoms with Gasteiger partial charge in [-0.05, 0) is 44.9 Å². The molecule has 0 saturated carbocycles. The van der Waals surface area contributed by atoms with Gasteiger partial charge in [-0.15, -0.1) is 0 Å². The topological polar surface area (TPSA) is 78.9 Å². The number of hydrogen-bond acceptors (Lipinski definition) is 6. The fourth-order valence-electron chi connectivity index (χ4n) is 8.32. The zero-order valence-corrected chi connectivity index (χ0v) is 41.9. The lowest BCUT2D eigenvalue weighted by atomic mass is 10.0. The number of unbranched alkanes of at least 4 members (excludes halogenated alkanes) is 38. The number of carbonyl (C=O) groups is 3. The quantitative estimate of drug-likeness (QED) is 0.0262. The van der Waals surface area contributed by atoms with Crippen LogP contribution in [0.25, 0.3) is 0 Å². The Bertz CT molecular complexity index is 962. The van der Waals surface area contributed by atoms with Crippen molar-refractivity contribution in [3.05, 3.63) is 12.2 Å². The molecule has 0 fully saturated rings. The van der Waals surface area contributed by atoms with Gasteiger partial charge in [-0.25, -0.2) is 0 Å². The fraction of sp³-hybridized carbons (Fsp3) is 0.911. The molecule has 0 radical (unpaired) electrons. The third kappa shape index (κ3) is 49.2. The molecule has 62 heavy (non-hydrogen) atoms. The predicted octanol–water partition coefficient (Wildman–Crippen LogP) is 18.2. The summed E-state index contributed by atoms with van der Waals surface area (Å²) in [4.78, 5) is 38.0. The van der Waals surface area contributed by atoms with E-state index in [1.54, 1.807) is 0 Å². The van der Waals surface area contributed by atoms with E-state index in [9.17, 15) is 14.4 Å². The van der Waals surface area contributed by atoms with Crippen LogP contribution in [0, 0.1) is 0 Å². The summed E-state index contributed by atoms with van der Waals surface area (Å²) in [6.45, 7) is 6.67. The largest absolute Gasteiger partial charge is 0.462 e. The molecule has 0 aromatic rings. The maximum Gasteiger partial charge on any atom is 0.306 e. The fourth-order valence-corrected chi connectivity index (χ4v) is 8.32. The monoisotopic (exact) mass is 875 g/mol. The molecule has 1 atom stereocenters. The van der Waals surface area contributed by atoms with Crippen LogP contribution in [0.2, 0.25) is 0 Å². The summed E-state index contributed by atoms with van der Waals surface area (Å²) < 4.78 is 16.8. The van der Waals surface area contributed by atoms with E-state index in [0.29, 0.717) is 19.3 Å². The van der Waals surface area contributed by atoms with Crippen molar-refractivity contribution in [2.45, 2.75) is 316 Å². The molecule has 6 heteroatoms. The van der Waals surface area contributed by atoms with E-state index in [2.05, 4.69) is 32.9 Å². The zero-order valence-electron chi connectivity index (χ0n) is 41.9.